The van der Waals surface area contributed by atoms with Gasteiger partial charge in [-0.1, -0.05) is 35.0 Å². The molecule has 1 aromatic rings. The van der Waals surface area contributed by atoms with E-state index in [9.17, 15) is 0 Å². The Balaban J connectivity index is 1.83. The summed E-state index contributed by atoms with van der Waals surface area (Å²) in [5, 5.41) is 0. The maximum Gasteiger partial charge on any atom is 0.0678 e. The van der Waals surface area contributed by atoms with Gasteiger partial charge in [-0.25, -0.2) is 0 Å². The Hall–Kier alpha value is -0.380. The van der Waals surface area contributed by atoms with E-state index in [1.54, 1.807) is 0 Å². The van der Waals surface area contributed by atoms with Crippen molar-refractivity contribution in [3.63, 3.8) is 0 Å². The van der Waals surface area contributed by atoms with Crippen LogP contribution in [0.2, 0.25) is 0 Å². The molecule has 3 atom stereocenters. The summed E-state index contributed by atoms with van der Waals surface area (Å²) in [6.45, 7) is 9.97. The summed E-state index contributed by atoms with van der Waals surface area (Å²) < 4.78 is 6.94. The smallest absolute Gasteiger partial charge is 0.0678 e. The molecule has 2 nitrogen and oxygen atoms in total. The average Bonchev–Trinajstić information content (AvgIpc) is 2.30. The van der Waals surface area contributed by atoms with E-state index in [0.29, 0.717) is 18.1 Å². The first-order valence-corrected chi connectivity index (χ1v) is 7.94. The van der Waals surface area contributed by atoms with Crippen molar-refractivity contribution in [2.24, 2.45) is 5.92 Å². The molecule has 2 rings (SSSR count). The Labute approximate surface area is 125 Å². The molecule has 0 bridgehead atoms. The molecule has 1 unspecified atom stereocenters. The van der Waals surface area contributed by atoms with Gasteiger partial charge in [-0.2, -0.15) is 0 Å². The Bertz CT molecular complexity index is 382. The van der Waals surface area contributed by atoms with Gasteiger partial charge in [-0.15, -0.1) is 0 Å². The van der Waals surface area contributed by atoms with Crippen molar-refractivity contribution < 1.29 is 4.74 Å². The summed E-state index contributed by atoms with van der Waals surface area (Å²) in [4.78, 5) is 2.54. The topological polar surface area (TPSA) is 12.5 Å². The van der Waals surface area contributed by atoms with Crippen LogP contribution in [-0.2, 0) is 11.2 Å². The molecule has 0 aliphatic carbocycles. The molecule has 1 aliphatic heterocycles. The summed E-state index contributed by atoms with van der Waals surface area (Å²) in [5.74, 6) is 0.679. The number of ether oxygens (including phenoxy) is 1. The molecule has 0 saturated carbocycles. The Morgan fingerprint density at radius 1 is 1.21 bits per heavy atom. The monoisotopic (exact) mass is 325 g/mol. The van der Waals surface area contributed by atoms with Crippen molar-refractivity contribution >= 4 is 15.9 Å². The standard InChI is InChI=1S/C16H24BrNO/c1-12(8-15-4-6-16(17)7-5-15)9-18-10-13(2)19-14(3)11-18/h4-7,12-14H,8-11H2,1-3H3/t12?,13-,14+. The number of hydrogen-bond donors (Lipinski definition) is 0. The predicted molar refractivity (Wildman–Crippen MR) is 83.5 cm³/mol. The maximum atomic E-state index is 5.78. The first-order valence-electron chi connectivity index (χ1n) is 7.15. The highest BCUT2D eigenvalue weighted by molar-refractivity contribution is 9.10. The Morgan fingerprint density at radius 2 is 1.79 bits per heavy atom. The van der Waals surface area contributed by atoms with Gasteiger partial charge in [0.05, 0.1) is 12.2 Å². The molecule has 1 aromatic carbocycles. The van der Waals surface area contributed by atoms with Crippen molar-refractivity contribution in [2.45, 2.75) is 39.4 Å². The zero-order valence-electron chi connectivity index (χ0n) is 12.1. The normalized spacial score (nSPS) is 26.3. The molecule has 0 aromatic heterocycles. The highest BCUT2D eigenvalue weighted by atomic mass is 79.9. The fraction of sp³-hybridized carbons (Fsp3) is 0.625. The van der Waals surface area contributed by atoms with Crippen LogP contribution in [0.3, 0.4) is 0 Å². The minimum absolute atomic E-state index is 0.364. The number of morpholine rings is 1. The maximum absolute atomic E-state index is 5.78. The molecule has 1 saturated heterocycles. The Morgan fingerprint density at radius 3 is 2.37 bits per heavy atom. The van der Waals surface area contributed by atoms with Crippen LogP contribution in [0.4, 0.5) is 0 Å². The summed E-state index contributed by atoms with van der Waals surface area (Å²) in [7, 11) is 0. The second-order valence-corrected chi connectivity index (χ2v) is 6.83. The number of hydrogen-bond acceptors (Lipinski definition) is 2. The van der Waals surface area contributed by atoms with Crippen molar-refractivity contribution in [3.8, 4) is 0 Å². The van der Waals surface area contributed by atoms with E-state index in [-0.39, 0.29) is 0 Å². The number of halogens is 1. The van der Waals surface area contributed by atoms with Crippen LogP contribution in [0, 0.1) is 5.92 Å². The highest BCUT2D eigenvalue weighted by Crippen LogP contribution is 2.17. The highest BCUT2D eigenvalue weighted by Gasteiger charge is 2.23. The van der Waals surface area contributed by atoms with E-state index in [1.807, 2.05) is 0 Å². The van der Waals surface area contributed by atoms with Crippen LogP contribution in [0.15, 0.2) is 28.7 Å². The van der Waals surface area contributed by atoms with Crippen LogP contribution >= 0.6 is 15.9 Å². The average molecular weight is 326 g/mol. The molecular weight excluding hydrogens is 302 g/mol. The quantitative estimate of drug-likeness (QED) is 0.836. The van der Waals surface area contributed by atoms with Gasteiger partial charge < -0.3 is 4.74 Å². The zero-order chi connectivity index (χ0) is 13.8. The van der Waals surface area contributed by atoms with Gasteiger partial charge in [0, 0.05) is 24.1 Å². The van der Waals surface area contributed by atoms with Crippen molar-refractivity contribution in [2.75, 3.05) is 19.6 Å². The van der Waals surface area contributed by atoms with E-state index < -0.39 is 0 Å². The molecular formula is C16H24BrNO. The summed E-state index contributed by atoms with van der Waals surface area (Å²) in [6.07, 6.45) is 1.88. The SMILES string of the molecule is CC(Cc1ccc(Br)cc1)CN1C[C@@H](C)O[C@@H](C)C1. The fourth-order valence-electron chi connectivity index (χ4n) is 2.96. The fourth-order valence-corrected chi connectivity index (χ4v) is 3.23. The lowest BCUT2D eigenvalue weighted by atomic mass is 10.00. The van der Waals surface area contributed by atoms with Crippen molar-refractivity contribution in [3.05, 3.63) is 34.3 Å². The summed E-state index contributed by atoms with van der Waals surface area (Å²) in [5.41, 5.74) is 1.42. The third kappa shape index (κ3) is 4.90. The molecule has 19 heavy (non-hydrogen) atoms. The first-order chi connectivity index (χ1) is 9.02. The number of nitrogens with zero attached hydrogens (tertiary/aromatic N) is 1. The minimum atomic E-state index is 0.364. The molecule has 0 amide bonds. The molecule has 0 spiro atoms. The van der Waals surface area contributed by atoms with Crippen LogP contribution in [0.25, 0.3) is 0 Å². The second kappa shape index (κ2) is 6.87. The van der Waals surface area contributed by atoms with Gasteiger partial charge in [0.15, 0.2) is 0 Å². The van der Waals surface area contributed by atoms with Gasteiger partial charge in [-0.05, 0) is 43.9 Å². The van der Waals surface area contributed by atoms with Crippen LogP contribution in [0.1, 0.15) is 26.3 Å². The van der Waals surface area contributed by atoms with Gasteiger partial charge in [0.25, 0.3) is 0 Å². The third-order valence-electron chi connectivity index (χ3n) is 3.56. The lowest BCUT2D eigenvalue weighted by Crippen LogP contribution is -2.47. The second-order valence-electron chi connectivity index (χ2n) is 5.91. The van der Waals surface area contributed by atoms with Gasteiger partial charge in [0.1, 0.15) is 0 Å². The number of benzene rings is 1. The van der Waals surface area contributed by atoms with E-state index in [1.165, 1.54) is 5.56 Å². The van der Waals surface area contributed by atoms with Crippen molar-refractivity contribution in [1.82, 2.24) is 4.90 Å². The minimum Gasteiger partial charge on any atom is -0.373 e. The molecule has 1 fully saturated rings. The van der Waals surface area contributed by atoms with Gasteiger partial charge in [-0.3, -0.25) is 4.90 Å². The molecule has 0 radical (unpaired) electrons. The van der Waals surface area contributed by atoms with E-state index >= 15 is 0 Å². The Kier molecular flexibility index (Phi) is 5.43. The first kappa shape index (κ1) is 15.0. The summed E-state index contributed by atoms with van der Waals surface area (Å²) >= 11 is 3.48. The lowest BCUT2D eigenvalue weighted by molar-refractivity contribution is -0.0708. The lowest BCUT2D eigenvalue weighted by Gasteiger charge is -2.36. The molecule has 1 heterocycles. The molecule has 3 heteroatoms. The van der Waals surface area contributed by atoms with Crippen LogP contribution in [0.5, 0.6) is 0 Å². The van der Waals surface area contributed by atoms with E-state index in [0.717, 1.165) is 30.5 Å². The number of rotatable bonds is 4. The third-order valence-corrected chi connectivity index (χ3v) is 4.09. The van der Waals surface area contributed by atoms with E-state index in [4.69, 9.17) is 4.74 Å². The van der Waals surface area contributed by atoms with Crippen LogP contribution < -0.4 is 0 Å². The molecule has 1 aliphatic rings. The molecule has 106 valence electrons. The van der Waals surface area contributed by atoms with Crippen LogP contribution in [-0.4, -0.2) is 36.7 Å². The summed E-state index contributed by atoms with van der Waals surface area (Å²) in [6, 6.07) is 8.68. The van der Waals surface area contributed by atoms with Crippen molar-refractivity contribution in [1.29, 1.82) is 0 Å². The van der Waals surface area contributed by atoms with Gasteiger partial charge >= 0.3 is 0 Å². The predicted octanol–water partition coefficient (Wildman–Crippen LogP) is 3.74. The largest absolute Gasteiger partial charge is 0.373 e. The molecule has 0 N–H and O–H groups in total. The zero-order valence-corrected chi connectivity index (χ0v) is 13.7. The van der Waals surface area contributed by atoms with Gasteiger partial charge in [0.2, 0.25) is 0 Å². The van der Waals surface area contributed by atoms with E-state index in [2.05, 4.69) is 65.9 Å².